The number of aromatic amines is 1. The van der Waals surface area contributed by atoms with Crippen LogP contribution in [-0.4, -0.2) is 33.9 Å². The molecule has 1 N–H and O–H groups in total. The molecule has 0 saturated carbocycles. The number of H-pyrrole nitrogens is 1. The Labute approximate surface area is 160 Å². The Kier molecular flexibility index (Phi) is 3.48. The average Bonchev–Trinajstić information content (AvgIpc) is 3.40. The van der Waals surface area contributed by atoms with Crippen molar-refractivity contribution in [2.75, 3.05) is 0 Å². The molecule has 4 heterocycles. The molecule has 0 radical (unpaired) electrons. The lowest BCUT2D eigenvalue weighted by Gasteiger charge is -2.16. The average molecular weight is 373 g/mol. The standard InChI is InChI=1S/C20H19N7O/c1-12(2)26-18(14-4-5-16-13(8-14)6-7-25(16)3)24-27-17(15-9-22-23-10-15)11-21-19(27)20(26)28/h4-12H,1-3H3,(H,22,23). The SMILES string of the molecule is CC(C)n1c(-c2ccc3c(ccn3C)c2)nn2c(-c3cn[nH]c3)cnc2c1=O. The number of aryl methyl sites for hydroxylation is 1. The summed E-state index contributed by atoms with van der Waals surface area (Å²) in [7, 11) is 2.01. The number of hydrogen-bond donors (Lipinski definition) is 1. The Bertz CT molecular complexity index is 1370. The molecule has 0 amide bonds. The molecule has 0 aliphatic carbocycles. The second-order valence-corrected chi connectivity index (χ2v) is 7.16. The summed E-state index contributed by atoms with van der Waals surface area (Å²) in [5.74, 6) is 0.612. The number of nitrogens with one attached hydrogen (secondary N) is 1. The van der Waals surface area contributed by atoms with E-state index in [1.54, 1.807) is 27.7 Å². The molecule has 8 heteroatoms. The van der Waals surface area contributed by atoms with Gasteiger partial charge in [0.05, 0.1) is 18.1 Å². The molecule has 5 rings (SSSR count). The van der Waals surface area contributed by atoms with Crippen LogP contribution in [0.4, 0.5) is 0 Å². The van der Waals surface area contributed by atoms with Gasteiger partial charge in [-0.1, -0.05) is 0 Å². The van der Waals surface area contributed by atoms with Crippen molar-refractivity contribution in [3.63, 3.8) is 0 Å². The molecule has 5 aromatic rings. The summed E-state index contributed by atoms with van der Waals surface area (Å²) in [6, 6.07) is 8.12. The van der Waals surface area contributed by atoms with Crippen molar-refractivity contribution in [3.05, 3.63) is 59.4 Å². The van der Waals surface area contributed by atoms with Gasteiger partial charge in [-0.25, -0.2) is 9.50 Å². The Morgan fingerprint density at radius 2 is 1.96 bits per heavy atom. The van der Waals surface area contributed by atoms with E-state index in [9.17, 15) is 4.79 Å². The summed E-state index contributed by atoms with van der Waals surface area (Å²) in [5, 5.41) is 12.7. The van der Waals surface area contributed by atoms with Crippen LogP contribution in [0.15, 0.2) is 53.8 Å². The highest BCUT2D eigenvalue weighted by atomic mass is 16.1. The van der Waals surface area contributed by atoms with E-state index in [4.69, 9.17) is 5.10 Å². The minimum Gasteiger partial charge on any atom is -0.351 e. The van der Waals surface area contributed by atoms with Crippen LogP contribution in [0.25, 0.3) is 39.2 Å². The van der Waals surface area contributed by atoms with Crippen LogP contribution < -0.4 is 5.56 Å². The van der Waals surface area contributed by atoms with Crippen LogP contribution >= 0.6 is 0 Å². The molecule has 0 saturated heterocycles. The minimum absolute atomic E-state index is 0.0551. The first-order valence-electron chi connectivity index (χ1n) is 9.09. The van der Waals surface area contributed by atoms with Crippen molar-refractivity contribution in [2.24, 2.45) is 7.05 Å². The minimum atomic E-state index is -0.164. The monoisotopic (exact) mass is 373 g/mol. The lowest BCUT2D eigenvalue weighted by atomic mass is 10.1. The smallest absolute Gasteiger partial charge is 0.297 e. The van der Waals surface area contributed by atoms with Gasteiger partial charge in [0, 0.05) is 47.5 Å². The van der Waals surface area contributed by atoms with Crippen LogP contribution in [0, 0.1) is 0 Å². The number of fused-ring (bicyclic) bond motifs is 2. The number of rotatable bonds is 3. The van der Waals surface area contributed by atoms with Gasteiger partial charge in [0.15, 0.2) is 5.82 Å². The molecule has 0 spiro atoms. The number of benzene rings is 1. The number of nitrogens with zero attached hydrogens (tertiary/aromatic N) is 6. The van der Waals surface area contributed by atoms with Crippen LogP contribution in [0.2, 0.25) is 0 Å². The molecule has 8 nitrogen and oxygen atoms in total. The van der Waals surface area contributed by atoms with E-state index in [-0.39, 0.29) is 11.6 Å². The van der Waals surface area contributed by atoms with Gasteiger partial charge >= 0.3 is 0 Å². The van der Waals surface area contributed by atoms with Crippen molar-refractivity contribution in [1.29, 1.82) is 0 Å². The molecule has 140 valence electrons. The van der Waals surface area contributed by atoms with Crippen molar-refractivity contribution >= 4 is 16.6 Å². The fourth-order valence-corrected chi connectivity index (χ4v) is 3.62. The maximum Gasteiger partial charge on any atom is 0.297 e. The molecule has 4 aromatic heterocycles. The van der Waals surface area contributed by atoms with E-state index in [0.29, 0.717) is 11.5 Å². The third-order valence-electron chi connectivity index (χ3n) is 5.02. The first-order chi connectivity index (χ1) is 13.5. The fraction of sp³-hybridized carbons (Fsp3) is 0.200. The maximum absolute atomic E-state index is 13.2. The Balaban J connectivity index is 1.83. The van der Waals surface area contributed by atoms with Gasteiger partial charge in [-0.15, -0.1) is 5.10 Å². The molecule has 0 aliphatic heterocycles. The second-order valence-electron chi connectivity index (χ2n) is 7.16. The third-order valence-corrected chi connectivity index (χ3v) is 5.02. The molecule has 0 atom stereocenters. The van der Waals surface area contributed by atoms with Crippen LogP contribution in [0.3, 0.4) is 0 Å². The molecule has 0 fully saturated rings. The molecular weight excluding hydrogens is 354 g/mol. The van der Waals surface area contributed by atoms with Crippen molar-refractivity contribution in [2.45, 2.75) is 19.9 Å². The van der Waals surface area contributed by atoms with Gasteiger partial charge in [0.25, 0.3) is 5.56 Å². The Morgan fingerprint density at radius 1 is 1.11 bits per heavy atom. The molecule has 0 unspecified atom stereocenters. The van der Waals surface area contributed by atoms with Crippen molar-refractivity contribution in [3.8, 4) is 22.6 Å². The van der Waals surface area contributed by atoms with E-state index in [1.165, 1.54) is 0 Å². The van der Waals surface area contributed by atoms with Crippen LogP contribution in [-0.2, 0) is 7.05 Å². The summed E-state index contributed by atoms with van der Waals surface area (Å²) in [4.78, 5) is 17.6. The summed E-state index contributed by atoms with van der Waals surface area (Å²) in [6.07, 6.45) is 7.13. The predicted octanol–water partition coefficient (Wildman–Crippen LogP) is 3.02. The summed E-state index contributed by atoms with van der Waals surface area (Å²) < 4.78 is 5.38. The highest BCUT2D eigenvalue weighted by Gasteiger charge is 2.19. The van der Waals surface area contributed by atoms with E-state index in [1.807, 2.05) is 33.2 Å². The quantitative estimate of drug-likeness (QED) is 0.527. The lowest BCUT2D eigenvalue weighted by molar-refractivity contribution is 0.566. The van der Waals surface area contributed by atoms with Gasteiger partial charge in [-0.2, -0.15) is 5.10 Å². The van der Waals surface area contributed by atoms with Gasteiger partial charge in [0.2, 0.25) is 5.65 Å². The zero-order chi connectivity index (χ0) is 19.4. The topological polar surface area (TPSA) is 85.8 Å². The normalized spacial score (nSPS) is 11.9. The highest BCUT2D eigenvalue weighted by Crippen LogP contribution is 2.26. The summed E-state index contributed by atoms with van der Waals surface area (Å²) in [6.45, 7) is 3.95. The number of imidazole rings is 1. The van der Waals surface area contributed by atoms with Crippen LogP contribution in [0.1, 0.15) is 19.9 Å². The fourth-order valence-electron chi connectivity index (χ4n) is 3.62. The largest absolute Gasteiger partial charge is 0.351 e. The van der Waals surface area contributed by atoms with E-state index >= 15 is 0 Å². The summed E-state index contributed by atoms with van der Waals surface area (Å²) in [5.41, 5.74) is 3.70. The van der Waals surface area contributed by atoms with Crippen molar-refractivity contribution in [1.82, 2.24) is 33.9 Å². The molecular formula is C20H19N7O. The summed E-state index contributed by atoms with van der Waals surface area (Å²) >= 11 is 0. The number of aromatic nitrogens is 7. The zero-order valence-corrected chi connectivity index (χ0v) is 15.8. The van der Waals surface area contributed by atoms with Crippen LogP contribution in [0.5, 0.6) is 0 Å². The lowest BCUT2D eigenvalue weighted by Crippen LogP contribution is -2.27. The number of hydrogen-bond acceptors (Lipinski definition) is 4. The van der Waals surface area contributed by atoms with Gasteiger partial charge in [-0.05, 0) is 38.1 Å². The van der Waals surface area contributed by atoms with Gasteiger partial charge in [-0.3, -0.25) is 14.5 Å². The molecule has 0 bridgehead atoms. The van der Waals surface area contributed by atoms with E-state index < -0.39 is 0 Å². The van der Waals surface area contributed by atoms with E-state index in [0.717, 1.165) is 27.7 Å². The van der Waals surface area contributed by atoms with Gasteiger partial charge < -0.3 is 4.57 Å². The first-order valence-corrected chi connectivity index (χ1v) is 9.09. The van der Waals surface area contributed by atoms with E-state index in [2.05, 4.69) is 37.9 Å². The Hall–Kier alpha value is -3.68. The molecule has 28 heavy (non-hydrogen) atoms. The maximum atomic E-state index is 13.2. The second kappa shape index (κ2) is 5.91. The van der Waals surface area contributed by atoms with Crippen molar-refractivity contribution < 1.29 is 0 Å². The molecule has 1 aromatic carbocycles. The highest BCUT2D eigenvalue weighted by molar-refractivity contribution is 5.84. The first kappa shape index (κ1) is 16.5. The third kappa shape index (κ3) is 2.31. The molecule has 0 aliphatic rings. The predicted molar refractivity (Wildman–Crippen MR) is 107 cm³/mol. The van der Waals surface area contributed by atoms with Gasteiger partial charge in [0.1, 0.15) is 0 Å². The Morgan fingerprint density at radius 3 is 2.71 bits per heavy atom. The zero-order valence-electron chi connectivity index (χ0n) is 15.8.